The number of allylic oxidation sites excluding steroid dienone is 1. The van der Waals surface area contributed by atoms with Gasteiger partial charge in [-0.05, 0) is 12.8 Å². The van der Waals surface area contributed by atoms with Gasteiger partial charge in [0.25, 0.3) is 0 Å². The summed E-state index contributed by atoms with van der Waals surface area (Å²) in [7, 11) is -1.22. The molecule has 38 valence electrons. The SMILES string of the molecule is OB(O)C=C1CC1. The quantitative estimate of drug-likeness (QED) is 0.442. The maximum atomic E-state index is 8.24. The molecule has 0 aromatic carbocycles. The molecular weight excluding hydrogens is 90.9 g/mol. The Kier molecular flexibility index (Phi) is 1.17. The van der Waals surface area contributed by atoms with E-state index in [1.807, 2.05) is 0 Å². The van der Waals surface area contributed by atoms with Crippen molar-refractivity contribution in [3.8, 4) is 0 Å². The molecule has 3 heteroatoms. The second-order valence-electron chi connectivity index (χ2n) is 1.74. The van der Waals surface area contributed by atoms with Gasteiger partial charge in [0, 0.05) is 0 Å². The normalized spacial score (nSPS) is 16.6. The van der Waals surface area contributed by atoms with Gasteiger partial charge in [0.15, 0.2) is 0 Å². The van der Waals surface area contributed by atoms with E-state index in [2.05, 4.69) is 0 Å². The van der Waals surface area contributed by atoms with Crippen LogP contribution >= 0.6 is 0 Å². The summed E-state index contributed by atoms with van der Waals surface area (Å²) in [5.41, 5.74) is 1.16. The first-order valence-electron chi connectivity index (χ1n) is 2.35. The molecule has 0 unspecified atom stereocenters. The van der Waals surface area contributed by atoms with Crippen LogP contribution in [0.2, 0.25) is 0 Å². The molecule has 1 aliphatic carbocycles. The summed E-state index contributed by atoms with van der Waals surface area (Å²) in [6, 6.07) is 0. The van der Waals surface area contributed by atoms with Crippen molar-refractivity contribution in [2.45, 2.75) is 12.8 Å². The van der Waals surface area contributed by atoms with Crippen LogP contribution in [0.3, 0.4) is 0 Å². The lowest BCUT2D eigenvalue weighted by Gasteiger charge is -1.79. The van der Waals surface area contributed by atoms with Crippen molar-refractivity contribution in [1.82, 2.24) is 0 Å². The fourth-order valence-electron chi connectivity index (χ4n) is 0.450. The zero-order valence-corrected chi connectivity index (χ0v) is 3.96. The molecule has 0 atom stereocenters. The summed E-state index contributed by atoms with van der Waals surface area (Å²) >= 11 is 0. The maximum Gasteiger partial charge on any atom is 0.480 e. The molecule has 0 radical (unpaired) electrons. The van der Waals surface area contributed by atoms with Crippen molar-refractivity contribution in [3.63, 3.8) is 0 Å². The predicted molar refractivity (Wildman–Crippen MR) is 27.5 cm³/mol. The van der Waals surface area contributed by atoms with Crippen LogP contribution in [0.4, 0.5) is 0 Å². The summed E-state index contributed by atoms with van der Waals surface area (Å²) in [5, 5.41) is 16.5. The van der Waals surface area contributed by atoms with E-state index < -0.39 is 7.12 Å². The van der Waals surface area contributed by atoms with Crippen molar-refractivity contribution in [2.75, 3.05) is 0 Å². The van der Waals surface area contributed by atoms with Gasteiger partial charge in [0.05, 0.1) is 0 Å². The third kappa shape index (κ3) is 1.76. The minimum atomic E-state index is -1.22. The Morgan fingerprint density at radius 3 is 2.14 bits per heavy atom. The Bertz CT molecular complexity index is 91.9. The van der Waals surface area contributed by atoms with E-state index in [-0.39, 0.29) is 0 Å². The molecule has 1 saturated carbocycles. The standard InChI is InChI=1S/C4H7BO2/c6-5(7)3-4-1-2-4/h3,6-7H,1-2H2. The molecule has 1 aliphatic rings. The van der Waals surface area contributed by atoms with E-state index in [1.54, 1.807) is 0 Å². The minimum absolute atomic E-state index is 1.05. The van der Waals surface area contributed by atoms with Crippen LogP contribution in [0.1, 0.15) is 12.8 Å². The summed E-state index contributed by atoms with van der Waals surface area (Å²) in [6.07, 6.45) is 2.11. The van der Waals surface area contributed by atoms with Crippen molar-refractivity contribution >= 4 is 7.12 Å². The highest BCUT2D eigenvalue weighted by molar-refractivity contribution is 6.47. The third-order valence-corrected chi connectivity index (χ3v) is 0.923. The first-order chi connectivity index (χ1) is 3.29. The van der Waals surface area contributed by atoms with Crippen molar-refractivity contribution in [3.05, 3.63) is 11.5 Å². The predicted octanol–water partition coefficient (Wildman–Crippen LogP) is -0.281. The van der Waals surface area contributed by atoms with E-state index in [0.29, 0.717) is 0 Å². The summed E-state index contributed by atoms with van der Waals surface area (Å²) < 4.78 is 0. The number of hydrogen-bond donors (Lipinski definition) is 2. The van der Waals surface area contributed by atoms with Crippen molar-refractivity contribution in [2.24, 2.45) is 0 Å². The van der Waals surface area contributed by atoms with Crippen LogP contribution in [0.5, 0.6) is 0 Å². The smallest absolute Gasteiger partial charge is 0.424 e. The molecule has 0 aliphatic heterocycles. The van der Waals surface area contributed by atoms with Gasteiger partial charge in [0.2, 0.25) is 0 Å². The van der Waals surface area contributed by atoms with Gasteiger partial charge < -0.3 is 10.0 Å². The molecule has 0 saturated heterocycles. The second-order valence-corrected chi connectivity index (χ2v) is 1.74. The van der Waals surface area contributed by atoms with Gasteiger partial charge in [-0.1, -0.05) is 11.5 Å². The molecule has 0 spiro atoms. The topological polar surface area (TPSA) is 40.5 Å². The highest BCUT2D eigenvalue weighted by Gasteiger charge is 2.13. The molecule has 0 amide bonds. The highest BCUT2D eigenvalue weighted by Crippen LogP contribution is 2.26. The van der Waals surface area contributed by atoms with Gasteiger partial charge in [-0.25, -0.2) is 0 Å². The van der Waals surface area contributed by atoms with Gasteiger partial charge in [-0.2, -0.15) is 0 Å². The highest BCUT2D eigenvalue weighted by atomic mass is 16.4. The third-order valence-electron chi connectivity index (χ3n) is 0.923. The molecule has 7 heavy (non-hydrogen) atoms. The van der Waals surface area contributed by atoms with Gasteiger partial charge in [-0.3, -0.25) is 0 Å². The summed E-state index contributed by atoms with van der Waals surface area (Å²) in [5.74, 6) is 1.47. The summed E-state index contributed by atoms with van der Waals surface area (Å²) in [6.45, 7) is 0. The molecule has 0 heterocycles. The van der Waals surface area contributed by atoms with Crippen LogP contribution in [0, 0.1) is 0 Å². The zero-order valence-electron chi connectivity index (χ0n) is 3.96. The monoisotopic (exact) mass is 98.1 g/mol. The van der Waals surface area contributed by atoms with Crippen LogP contribution < -0.4 is 0 Å². The van der Waals surface area contributed by atoms with E-state index in [9.17, 15) is 0 Å². The van der Waals surface area contributed by atoms with Gasteiger partial charge >= 0.3 is 7.12 Å². The van der Waals surface area contributed by atoms with Crippen LogP contribution in [0.25, 0.3) is 0 Å². The van der Waals surface area contributed by atoms with Gasteiger partial charge in [0.1, 0.15) is 0 Å². The zero-order chi connectivity index (χ0) is 5.28. The molecule has 1 rings (SSSR count). The lowest BCUT2D eigenvalue weighted by molar-refractivity contribution is 0.424. The largest absolute Gasteiger partial charge is 0.480 e. The van der Waals surface area contributed by atoms with Crippen molar-refractivity contribution in [1.29, 1.82) is 0 Å². The first kappa shape index (κ1) is 4.87. The molecular formula is C4H7BO2. The van der Waals surface area contributed by atoms with Gasteiger partial charge in [-0.15, -0.1) is 0 Å². The minimum Gasteiger partial charge on any atom is -0.424 e. The Labute approximate surface area is 42.6 Å². The van der Waals surface area contributed by atoms with E-state index >= 15 is 0 Å². The van der Waals surface area contributed by atoms with Crippen LogP contribution in [-0.4, -0.2) is 17.2 Å². The Balaban J connectivity index is 2.30. The first-order valence-corrected chi connectivity index (χ1v) is 2.35. The van der Waals surface area contributed by atoms with Crippen LogP contribution in [-0.2, 0) is 0 Å². The Morgan fingerprint density at radius 1 is 1.43 bits per heavy atom. The van der Waals surface area contributed by atoms with E-state index in [0.717, 1.165) is 18.4 Å². The van der Waals surface area contributed by atoms with E-state index in [1.165, 1.54) is 5.98 Å². The number of rotatable bonds is 1. The lowest BCUT2D eigenvalue weighted by atomic mass is 9.91. The molecule has 2 N–H and O–H groups in total. The Morgan fingerprint density at radius 2 is 2.00 bits per heavy atom. The molecule has 0 aromatic heterocycles. The average molecular weight is 97.9 g/mol. The molecule has 2 nitrogen and oxygen atoms in total. The van der Waals surface area contributed by atoms with Crippen molar-refractivity contribution < 1.29 is 10.0 Å². The van der Waals surface area contributed by atoms with E-state index in [4.69, 9.17) is 10.0 Å². The lowest BCUT2D eigenvalue weighted by Crippen LogP contribution is -2.05. The molecule has 0 aromatic rings. The fourth-order valence-corrected chi connectivity index (χ4v) is 0.450. The molecule has 0 bridgehead atoms. The molecule has 1 fully saturated rings. The Hall–Kier alpha value is -0.275. The summed E-state index contributed by atoms with van der Waals surface area (Å²) in [4.78, 5) is 0. The number of hydrogen-bond acceptors (Lipinski definition) is 2. The van der Waals surface area contributed by atoms with Crippen LogP contribution in [0.15, 0.2) is 11.5 Å². The maximum absolute atomic E-state index is 8.24. The second kappa shape index (κ2) is 1.68. The fraction of sp³-hybridized carbons (Fsp3) is 0.500. The average Bonchev–Trinajstić information content (AvgIpc) is 2.17.